The largest absolute Gasteiger partial charge is 0.394 e. The summed E-state index contributed by atoms with van der Waals surface area (Å²) in [6.45, 7) is 2.30. The number of hydrogen-bond acceptors (Lipinski definition) is 6. The fourth-order valence-electron chi connectivity index (χ4n) is 1.69. The van der Waals surface area contributed by atoms with Crippen molar-refractivity contribution in [2.24, 2.45) is 0 Å². The van der Waals surface area contributed by atoms with Crippen LogP contribution in [0.2, 0.25) is 0 Å². The molecule has 0 spiro atoms. The minimum absolute atomic E-state index is 0.392. The lowest BCUT2D eigenvalue weighted by atomic mass is 9.98. The predicted octanol–water partition coefficient (Wildman–Crippen LogP) is -1.82. The zero-order chi connectivity index (χ0) is 12.1. The molecule has 6 nitrogen and oxygen atoms in total. The van der Waals surface area contributed by atoms with Gasteiger partial charge in [0.05, 0.1) is 6.61 Å². The molecule has 1 fully saturated rings. The summed E-state index contributed by atoms with van der Waals surface area (Å²) in [5, 5.41) is 40.5. The molecule has 6 heteroatoms. The molecule has 5 N–H and O–H groups in total. The molecular weight excluding hydrogens is 214 g/mol. The Morgan fingerprint density at radius 2 is 1.81 bits per heavy atom. The third kappa shape index (κ3) is 3.13. The first-order valence-electron chi connectivity index (χ1n) is 5.65. The summed E-state index contributed by atoms with van der Waals surface area (Å²) < 4.78 is 5.26. The van der Waals surface area contributed by atoms with E-state index >= 15 is 0 Å². The van der Waals surface area contributed by atoms with E-state index in [-0.39, 0.29) is 0 Å². The van der Waals surface area contributed by atoms with E-state index in [0.29, 0.717) is 6.54 Å². The van der Waals surface area contributed by atoms with Crippen LogP contribution < -0.4 is 5.32 Å². The second-order valence-corrected chi connectivity index (χ2v) is 4.06. The SMILES string of the molecule is CCCCN[C@@H]1O[C@H](CO)[C@@H](O)[C@H](O)[C@H]1O. The van der Waals surface area contributed by atoms with Crippen LogP contribution >= 0.6 is 0 Å². The van der Waals surface area contributed by atoms with Crippen LogP contribution in [0.5, 0.6) is 0 Å². The van der Waals surface area contributed by atoms with E-state index in [4.69, 9.17) is 9.84 Å². The smallest absolute Gasteiger partial charge is 0.137 e. The van der Waals surface area contributed by atoms with Crippen LogP contribution in [-0.4, -0.2) is 64.2 Å². The van der Waals surface area contributed by atoms with Gasteiger partial charge >= 0.3 is 0 Å². The Labute approximate surface area is 94.9 Å². The van der Waals surface area contributed by atoms with Gasteiger partial charge in [0, 0.05) is 0 Å². The summed E-state index contributed by atoms with van der Waals surface area (Å²) in [7, 11) is 0. The molecule has 1 rings (SSSR count). The van der Waals surface area contributed by atoms with E-state index in [1.807, 2.05) is 6.92 Å². The minimum atomic E-state index is -1.30. The van der Waals surface area contributed by atoms with Gasteiger partial charge in [0.15, 0.2) is 0 Å². The van der Waals surface area contributed by atoms with Gasteiger partial charge in [-0.05, 0) is 13.0 Å². The van der Waals surface area contributed by atoms with Gasteiger partial charge in [0.1, 0.15) is 30.6 Å². The average Bonchev–Trinajstić information content (AvgIpc) is 2.29. The number of rotatable bonds is 5. The number of aliphatic hydroxyl groups excluding tert-OH is 4. The van der Waals surface area contributed by atoms with Crippen LogP contribution in [-0.2, 0) is 4.74 Å². The van der Waals surface area contributed by atoms with Crippen molar-refractivity contribution in [1.29, 1.82) is 0 Å². The number of aliphatic hydroxyl groups is 4. The van der Waals surface area contributed by atoms with Crippen molar-refractivity contribution >= 4 is 0 Å². The van der Waals surface area contributed by atoms with Gasteiger partial charge in [-0.2, -0.15) is 0 Å². The normalized spacial score (nSPS) is 39.9. The average molecular weight is 235 g/mol. The summed E-state index contributed by atoms with van der Waals surface area (Å²) in [5.41, 5.74) is 0. The molecule has 0 unspecified atom stereocenters. The standard InChI is InChI=1S/C10H21NO5/c1-2-3-4-11-10-9(15)8(14)7(13)6(5-12)16-10/h6-15H,2-5H2,1H3/t6-,7-,8+,9-,10-/m1/s1. The molecule has 0 aromatic heterocycles. The monoisotopic (exact) mass is 235 g/mol. The highest BCUT2D eigenvalue weighted by Gasteiger charge is 2.42. The van der Waals surface area contributed by atoms with Gasteiger partial charge in [-0.15, -0.1) is 0 Å². The van der Waals surface area contributed by atoms with Crippen LogP contribution in [0.25, 0.3) is 0 Å². The van der Waals surface area contributed by atoms with Crippen LogP contribution in [0.3, 0.4) is 0 Å². The summed E-state index contributed by atoms with van der Waals surface area (Å²) in [6, 6.07) is 0. The number of nitrogens with one attached hydrogen (secondary N) is 1. The van der Waals surface area contributed by atoms with Gasteiger partial charge < -0.3 is 25.2 Å². The molecule has 0 bridgehead atoms. The quantitative estimate of drug-likeness (QED) is 0.359. The van der Waals surface area contributed by atoms with Gasteiger partial charge in [0.25, 0.3) is 0 Å². The Kier molecular flexibility index (Phi) is 5.60. The maximum Gasteiger partial charge on any atom is 0.137 e. The van der Waals surface area contributed by atoms with E-state index in [9.17, 15) is 15.3 Å². The molecule has 5 atom stereocenters. The molecule has 0 saturated carbocycles. The molecule has 1 aliphatic heterocycles. The van der Waals surface area contributed by atoms with E-state index < -0.39 is 37.3 Å². The summed E-state index contributed by atoms with van der Waals surface area (Å²) in [5.74, 6) is 0. The topological polar surface area (TPSA) is 102 Å². The molecule has 0 aromatic carbocycles. The fourth-order valence-corrected chi connectivity index (χ4v) is 1.69. The first-order valence-corrected chi connectivity index (χ1v) is 5.65. The van der Waals surface area contributed by atoms with Crippen molar-refractivity contribution in [3.05, 3.63) is 0 Å². The van der Waals surface area contributed by atoms with Gasteiger partial charge in [-0.3, -0.25) is 5.32 Å². The number of hydrogen-bond donors (Lipinski definition) is 5. The van der Waals surface area contributed by atoms with Crippen molar-refractivity contribution in [3.8, 4) is 0 Å². The fraction of sp³-hybridized carbons (Fsp3) is 1.00. The van der Waals surface area contributed by atoms with Crippen LogP contribution in [0.4, 0.5) is 0 Å². The Bertz CT molecular complexity index is 202. The zero-order valence-electron chi connectivity index (χ0n) is 9.41. The van der Waals surface area contributed by atoms with Crippen LogP contribution in [0, 0.1) is 0 Å². The van der Waals surface area contributed by atoms with Gasteiger partial charge in [-0.25, -0.2) is 0 Å². The highest BCUT2D eigenvalue weighted by atomic mass is 16.6. The maximum atomic E-state index is 9.64. The van der Waals surface area contributed by atoms with Crippen molar-refractivity contribution in [3.63, 3.8) is 0 Å². The number of ether oxygens (including phenoxy) is 1. The lowest BCUT2D eigenvalue weighted by Crippen LogP contribution is -2.62. The number of unbranched alkanes of at least 4 members (excludes halogenated alkanes) is 1. The molecule has 96 valence electrons. The van der Waals surface area contributed by atoms with Crippen molar-refractivity contribution in [1.82, 2.24) is 5.32 Å². The lowest BCUT2D eigenvalue weighted by Gasteiger charge is -2.40. The van der Waals surface area contributed by atoms with Crippen molar-refractivity contribution in [2.75, 3.05) is 13.2 Å². The van der Waals surface area contributed by atoms with E-state index in [1.54, 1.807) is 0 Å². The lowest BCUT2D eigenvalue weighted by molar-refractivity contribution is -0.236. The maximum absolute atomic E-state index is 9.64. The highest BCUT2D eigenvalue weighted by molar-refractivity contribution is 4.90. The minimum Gasteiger partial charge on any atom is -0.394 e. The third-order valence-electron chi connectivity index (χ3n) is 2.77. The van der Waals surface area contributed by atoms with Crippen LogP contribution in [0.1, 0.15) is 19.8 Å². The van der Waals surface area contributed by atoms with E-state index in [1.165, 1.54) is 0 Å². The Morgan fingerprint density at radius 3 is 2.38 bits per heavy atom. The molecule has 16 heavy (non-hydrogen) atoms. The summed E-state index contributed by atoms with van der Waals surface area (Å²) in [4.78, 5) is 0. The van der Waals surface area contributed by atoms with Crippen molar-refractivity contribution in [2.45, 2.75) is 50.4 Å². The molecule has 0 amide bonds. The van der Waals surface area contributed by atoms with Gasteiger partial charge in [-0.1, -0.05) is 13.3 Å². The zero-order valence-corrected chi connectivity index (χ0v) is 9.41. The van der Waals surface area contributed by atoms with Crippen LogP contribution in [0.15, 0.2) is 0 Å². The van der Waals surface area contributed by atoms with E-state index in [2.05, 4.69) is 5.32 Å². The summed E-state index contributed by atoms with van der Waals surface area (Å²) >= 11 is 0. The predicted molar refractivity (Wildman–Crippen MR) is 56.7 cm³/mol. The first kappa shape index (κ1) is 13.8. The molecule has 1 aliphatic rings. The highest BCUT2D eigenvalue weighted by Crippen LogP contribution is 2.19. The first-order chi connectivity index (χ1) is 7.61. The molecule has 1 saturated heterocycles. The van der Waals surface area contributed by atoms with Gasteiger partial charge in [0.2, 0.25) is 0 Å². The summed E-state index contributed by atoms with van der Waals surface area (Å²) in [6.07, 6.45) is -3.43. The second kappa shape index (κ2) is 6.48. The second-order valence-electron chi connectivity index (χ2n) is 4.06. The molecule has 1 heterocycles. The molecule has 0 aliphatic carbocycles. The third-order valence-corrected chi connectivity index (χ3v) is 2.77. The Balaban J connectivity index is 2.50. The van der Waals surface area contributed by atoms with E-state index in [0.717, 1.165) is 12.8 Å². The Morgan fingerprint density at radius 1 is 1.12 bits per heavy atom. The molecular formula is C10H21NO5. The van der Waals surface area contributed by atoms with Crippen molar-refractivity contribution < 1.29 is 25.2 Å². The molecule has 0 radical (unpaired) electrons. The molecule has 0 aromatic rings. The Hall–Kier alpha value is -0.240.